The number of rotatable bonds is 26. The number of nitrogens with zero attached hydrogens (tertiary/aromatic N) is 1. The van der Waals surface area contributed by atoms with Gasteiger partial charge in [-0.1, -0.05) is 181 Å². The van der Waals surface area contributed by atoms with E-state index < -0.39 is 0 Å². The molecule has 4 rings (SSSR count). The molecule has 1 unspecified atom stereocenters. The highest BCUT2D eigenvalue weighted by Crippen LogP contribution is 2.39. The van der Waals surface area contributed by atoms with Crippen molar-refractivity contribution in [3.05, 3.63) is 118 Å². The standard InChI is InChI=1S/C58H83NO2/c1-13-15-17-19-38-58(10,11)51-28-33-53(34-29-51)59(54-30-23-46(6)47(7)41-54)52-31-25-48(26-32-52)24-27-49-43-56(61-40-36-45(5)22-20-21-44(3)4)50(42-55(49)60-12)35-39-57(8,9)37-18-16-14-2/h23-35,39,41-45H,13-22,36-38,40H2,1-12H3. The summed E-state index contributed by atoms with van der Waals surface area (Å²) in [6, 6.07) is 29.3. The van der Waals surface area contributed by atoms with Crippen molar-refractivity contribution in [2.24, 2.45) is 17.3 Å². The van der Waals surface area contributed by atoms with Gasteiger partial charge in [0.2, 0.25) is 0 Å². The van der Waals surface area contributed by atoms with E-state index in [0.29, 0.717) is 12.5 Å². The number of hydrogen-bond donors (Lipinski definition) is 0. The summed E-state index contributed by atoms with van der Waals surface area (Å²) >= 11 is 0. The first-order chi connectivity index (χ1) is 29.2. The van der Waals surface area contributed by atoms with Crippen LogP contribution in [0.4, 0.5) is 17.1 Å². The Labute approximate surface area is 374 Å². The summed E-state index contributed by atoms with van der Waals surface area (Å²) in [6.07, 6.45) is 25.2. The molecule has 3 heteroatoms. The lowest BCUT2D eigenvalue weighted by molar-refractivity contribution is 0.275. The van der Waals surface area contributed by atoms with Crippen LogP contribution in [-0.4, -0.2) is 13.7 Å². The molecule has 4 aromatic rings. The quantitative estimate of drug-likeness (QED) is 0.0465. The second-order valence-corrected chi connectivity index (χ2v) is 19.7. The van der Waals surface area contributed by atoms with Crippen molar-refractivity contribution < 1.29 is 9.47 Å². The van der Waals surface area contributed by atoms with Gasteiger partial charge in [-0.2, -0.15) is 0 Å². The number of anilines is 3. The average Bonchev–Trinajstić information content (AvgIpc) is 3.23. The molecule has 0 spiro atoms. The minimum Gasteiger partial charge on any atom is -0.496 e. The number of benzene rings is 4. The van der Waals surface area contributed by atoms with E-state index >= 15 is 0 Å². The Morgan fingerprint density at radius 1 is 0.590 bits per heavy atom. The van der Waals surface area contributed by atoms with Crippen LogP contribution in [0.1, 0.15) is 179 Å². The fraction of sp³-hybridized carbons (Fsp3) is 0.517. The van der Waals surface area contributed by atoms with Gasteiger partial charge in [0.1, 0.15) is 11.5 Å². The van der Waals surface area contributed by atoms with Gasteiger partial charge in [-0.25, -0.2) is 0 Å². The molecule has 0 saturated carbocycles. The lowest BCUT2D eigenvalue weighted by atomic mass is 9.80. The lowest BCUT2D eigenvalue weighted by Crippen LogP contribution is -2.17. The third-order valence-corrected chi connectivity index (χ3v) is 12.8. The monoisotopic (exact) mass is 826 g/mol. The fourth-order valence-electron chi connectivity index (χ4n) is 8.20. The molecule has 332 valence electrons. The molecule has 3 nitrogen and oxygen atoms in total. The van der Waals surface area contributed by atoms with E-state index in [1.165, 1.54) is 99.4 Å². The molecule has 1 atom stereocenters. The van der Waals surface area contributed by atoms with Crippen molar-refractivity contribution in [3.63, 3.8) is 0 Å². The average molecular weight is 826 g/mol. The molecule has 61 heavy (non-hydrogen) atoms. The third kappa shape index (κ3) is 15.9. The highest BCUT2D eigenvalue weighted by molar-refractivity contribution is 5.80. The Balaban J connectivity index is 1.62. The maximum absolute atomic E-state index is 6.64. The summed E-state index contributed by atoms with van der Waals surface area (Å²) in [5.74, 6) is 3.16. The van der Waals surface area contributed by atoms with Crippen molar-refractivity contribution in [1.82, 2.24) is 0 Å². The normalized spacial score (nSPS) is 12.8. The Kier molecular flexibility index (Phi) is 19.8. The minimum atomic E-state index is 0.108. The molecular formula is C58H83NO2. The summed E-state index contributed by atoms with van der Waals surface area (Å²) in [5, 5.41) is 0. The van der Waals surface area contributed by atoms with E-state index in [1.807, 2.05) is 0 Å². The van der Waals surface area contributed by atoms with Crippen LogP contribution >= 0.6 is 0 Å². The van der Waals surface area contributed by atoms with Crippen LogP contribution in [0.25, 0.3) is 18.2 Å². The molecule has 0 radical (unpaired) electrons. The zero-order chi connectivity index (χ0) is 44.4. The van der Waals surface area contributed by atoms with Crippen LogP contribution in [-0.2, 0) is 5.41 Å². The third-order valence-electron chi connectivity index (χ3n) is 12.8. The lowest BCUT2D eigenvalue weighted by Gasteiger charge is -2.29. The SMILES string of the molecule is CCCCCCC(C)(C)c1ccc(N(c2ccc(C=Cc3cc(OCCC(C)CCCC(C)C)c(C=CC(C)(C)CCCCC)cc3OC)cc2)c2ccc(C)c(C)c2)cc1. The summed E-state index contributed by atoms with van der Waals surface area (Å²) in [4.78, 5) is 2.38. The smallest absolute Gasteiger partial charge is 0.127 e. The second kappa shape index (κ2) is 24.4. The number of allylic oxidation sites excluding steroid dienone is 1. The molecule has 0 amide bonds. The van der Waals surface area contributed by atoms with Crippen LogP contribution in [0.3, 0.4) is 0 Å². The van der Waals surface area contributed by atoms with Gasteiger partial charge < -0.3 is 14.4 Å². The van der Waals surface area contributed by atoms with Crippen molar-refractivity contribution in [1.29, 1.82) is 0 Å². The molecule has 0 aromatic heterocycles. The molecule has 0 aliphatic carbocycles. The highest BCUT2D eigenvalue weighted by atomic mass is 16.5. The van der Waals surface area contributed by atoms with Gasteiger partial charge in [0, 0.05) is 28.2 Å². The van der Waals surface area contributed by atoms with Crippen molar-refractivity contribution in [2.45, 2.75) is 165 Å². The zero-order valence-corrected chi connectivity index (χ0v) is 40.6. The Bertz CT molecular complexity index is 1950. The Hall–Kier alpha value is -4.24. The summed E-state index contributed by atoms with van der Waals surface area (Å²) in [5.41, 5.74) is 10.9. The van der Waals surface area contributed by atoms with Crippen molar-refractivity contribution >= 4 is 35.3 Å². The number of unbranched alkanes of at least 4 members (excludes halogenated alkanes) is 5. The van der Waals surface area contributed by atoms with Crippen molar-refractivity contribution in [3.8, 4) is 11.5 Å². The number of hydrogen-bond acceptors (Lipinski definition) is 3. The maximum atomic E-state index is 6.64. The van der Waals surface area contributed by atoms with E-state index in [1.54, 1.807) is 7.11 Å². The Morgan fingerprint density at radius 2 is 1.20 bits per heavy atom. The number of methoxy groups -OCH3 is 1. The molecule has 0 bridgehead atoms. The first-order valence-corrected chi connectivity index (χ1v) is 24.0. The van der Waals surface area contributed by atoms with Crippen LogP contribution in [0, 0.1) is 31.1 Å². The van der Waals surface area contributed by atoms with Crippen LogP contribution in [0.5, 0.6) is 11.5 Å². The molecule has 0 aliphatic heterocycles. The first-order valence-electron chi connectivity index (χ1n) is 24.0. The Morgan fingerprint density at radius 3 is 1.84 bits per heavy atom. The molecule has 4 aromatic carbocycles. The largest absolute Gasteiger partial charge is 0.496 e. The maximum Gasteiger partial charge on any atom is 0.127 e. The molecule has 0 N–H and O–H groups in total. The topological polar surface area (TPSA) is 21.7 Å². The summed E-state index contributed by atoms with van der Waals surface area (Å²) in [6.45, 7) is 26.1. The molecule has 0 heterocycles. The van der Waals surface area contributed by atoms with Gasteiger partial charge in [0.25, 0.3) is 0 Å². The predicted molar refractivity (Wildman–Crippen MR) is 269 cm³/mol. The predicted octanol–water partition coefficient (Wildman–Crippen LogP) is 18.1. The van der Waals surface area contributed by atoms with Crippen LogP contribution in [0.2, 0.25) is 0 Å². The second-order valence-electron chi connectivity index (χ2n) is 19.7. The van der Waals surface area contributed by atoms with Gasteiger partial charge in [-0.15, -0.1) is 0 Å². The zero-order valence-electron chi connectivity index (χ0n) is 40.6. The first kappa shape index (κ1) is 49.4. The van der Waals surface area contributed by atoms with Crippen molar-refractivity contribution in [2.75, 3.05) is 18.6 Å². The van der Waals surface area contributed by atoms with Crippen LogP contribution < -0.4 is 14.4 Å². The van der Waals surface area contributed by atoms with E-state index in [2.05, 4.69) is 184 Å². The number of ether oxygens (including phenoxy) is 2. The van der Waals surface area contributed by atoms with E-state index in [9.17, 15) is 0 Å². The van der Waals surface area contributed by atoms with E-state index in [4.69, 9.17) is 9.47 Å². The molecule has 0 aliphatic rings. The molecule has 0 saturated heterocycles. The molecule has 0 fully saturated rings. The molecular weight excluding hydrogens is 743 g/mol. The minimum absolute atomic E-state index is 0.108. The summed E-state index contributed by atoms with van der Waals surface area (Å²) in [7, 11) is 1.77. The van der Waals surface area contributed by atoms with Gasteiger partial charge >= 0.3 is 0 Å². The van der Waals surface area contributed by atoms with Gasteiger partial charge in [-0.3, -0.25) is 0 Å². The highest BCUT2D eigenvalue weighted by Gasteiger charge is 2.22. The van der Waals surface area contributed by atoms with E-state index in [-0.39, 0.29) is 10.8 Å². The van der Waals surface area contributed by atoms with Gasteiger partial charge in [-0.05, 0) is 127 Å². The van der Waals surface area contributed by atoms with E-state index in [0.717, 1.165) is 51.9 Å². The van der Waals surface area contributed by atoms with Crippen LogP contribution in [0.15, 0.2) is 84.9 Å². The summed E-state index contributed by atoms with van der Waals surface area (Å²) < 4.78 is 12.7. The fourth-order valence-corrected chi connectivity index (χ4v) is 8.20. The van der Waals surface area contributed by atoms with Gasteiger partial charge in [0.05, 0.1) is 13.7 Å². The number of aryl methyl sites for hydroxylation is 2. The van der Waals surface area contributed by atoms with Gasteiger partial charge in [0.15, 0.2) is 0 Å².